The van der Waals surface area contributed by atoms with Crippen molar-refractivity contribution in [2.24, 2.45) is 5.92 Å². The topological polar surface area (TPSA) is 78.9 Å². The number of rotatable bonds is 4. The molecule has 0 bridgehead atoms. The van der Waals surface area contributed by atoms with Crippen molar-refractivity contribution >= 4 is 12.0 Å². The number of carboxylic acids is 1. The van der Waals surface area contributed by atoms with Crippen LogP contribution < -0.4 is 5.32 Å². The number of carbonyl (C=O) groups is 2. The summed E-state index contributed by atoms with van der Waals surface area (Å²) < 4.78 is 5.19. The van der Waals surface area contributed by atoms with E-state index in [9.17, 15) is 9.59 Å². The second-order valence-electron chi connectivity index (χ2n) is 5.24. The van der Waals surface area contributed by atoms with Crippen molar-refractivity contribution in [3.8, 4) is 0 Å². The fourth-order valence-electron chi connectivity index (χ4n) is 2.42. The number of hydrogen-bond acceptors (Lipinski definition) is 3. The standard InChI is InChI=1S/C15H20N2O4/c1-10(11-6-4-3-5-7-11)16-15(20)17(2)13-9-21-8-12(13)14(18)19/h3-7,10,12-13H,8-9H2,1-2H3,(H,16,20)(H,18,19). The number of ether oxygens (including phenoxy) is 1. The summed E-state index contributed by atoms with van der Waals surface area (Å²) in [5.41, 5.74) is 0.997. The zero-order valence-electron chi connectivity index (χ0n) is 12.2. The van der Waals surface area contributed by atoms with E-state index in [0.29, 0.717) is 0 Å². The Kier molecular flexibility index (Phi) is 4.80. The van der Waals surface area contributed by atoms with Crippen LogP contribution in [-0.4, -0.2) is 48.3 Å². The Balaban J connectivity index is 1.98. The molecule has 1 saturated heterocycles. The summed E-state index contributed by atoms with van der Waals surface area (Å²) in [5, 5.41) is 12.0. The van der Waals surface area contributed by atoms with Gasteiger partial charge in [-0.25, -0.2) is 4.79 Å². The smallest absolute Gasteiger partial charge is 0.317 e. The van der Waals surface area contributed by atoms with Gasteiger partial charge >= 0.3 is 12.0 Å². The van der Waals surface area contributed by atoms with Crippen LogP contribution in [0.1, 0.15) is 18.5 Å². The Morgan fingerprint density at radius 2 is 2.00 bits per heavy atom. The second-order valence-corrected chi connectivity index (χ2v) is 5.24. The van der Waals surface area contributed by atoms with Gasteiger partial charge < -0.3 is 20.1 Å². The molecule has 3 unspecified atom stereocenters. The van der Waals surface area contributed by atoms with E-state index in [-0.39, 0.29) is 25.3 Å². The molecule has 0 spiro atoms. The molecule has 1 fully saturated rings. The van der Waals surface area contributed by atoms with Gasteiger partial charge in [-0.05, 0) is 12.5 Å². The van der Waals surface area contributed by atoms with Crippen molar-refractivity contribution in [3.63, 3.8) is 0 Å². The highest BCUT2D eigenvalue weighted by atomic mass is 16.5. The van der Waals surface area contributed by atoms with E-state index in [4.69, 9.17) is 9.84 Å². The molecule has 6 heteroatoms. The second kappa shape index (κ2) is 6.58. The largest absolute Gasteiger partial charge is 0.481 e. The average Bonchev–Trinajstić information content (AvgIpc) is 2.96. The first kappa shape index (κ1) is 15.3. The molecule has 0 radical (unpaired) electrons. The van der Waals surface area contributed by atoms with E-state index in [0.717, 1.165) is 5.56 Å². The molecule has 1 heterocycles. The van der Waals surface area contributed by atoms with Gasteiger partial charge in [-0.1, -0.05) is 30.3 Å². The molecule has 6 nitrogen and oxygen atoms in total. The van der Waals surface area contributed by atoms with Crippen molar-refractivity contribution in [3.05, 3.63) is 35.9 Å². The Morgan fingerprint density at radius 1 is 1.33 bits per heavy atom. The van der Waals surface area contributed by atoms with Crippen LogP contribution in [0.15, 0.2) is 30.3 Å². The molecule has 3 atom stereocenters. The summed E-state index contributed by atoms with van der Waals surface area (Å²) >= 11 is 0. The lowest BCUT2D eigenvalue weighted by molar-refractivity contribution is -0.142. The molecule has 1 aliphatic rings. The fourth-order valence-corrected chi connectivity index (χ4v) is 2.42. The van der Waals surface area contributed by atoms with Gasteiger partial charge in [-0.3, -0.25) is 4.79 Å². The molecule has 1 aromatic carbocycles. The minimum Gasteiger partial charge on any atom is -0.481 e. The van der Waals surface area contributed by atoms with Gasteiger partial charge in [0, 0.05) is 7.05 Å². The summed E-state index contributed by atoms with van der Waals surface area (Å²) in [5.74, 6) is -1.61. The number of carbonyl (C=O) groups excluding carboxylic acids is 1. The molecule has 0 saturated carbocycles. The van der Waals surface area contributed by atoms with Crippen molar-refractivity contribution in [2.75, 3.05) is 20.3 Å². The van der Waals surface area contributed by atoms with E-state index < -0.39 is 17.9 Å². The van der Waals surface area contributed by atoms with Crippen LogP contribution in [0.3, 0.4) is 0 Å². The van der Waals surface area contributed by atoms with Gasteiger partial charge in [0.05, 0.1) is 25.3 Å². The molecule has 2 rings (SSSR count). The summed E-state index contributed by atoms with van der Waals surface area (Å²) in [6.45, 7) is 2.29. The molecular formula is C15H20N2O4. The van der Waals surface area contributed by atoms with Crippen LogP contribution in [0.4, 0.5) is 4.79 Å². The molecule has 2 N–H and O–H groups in total. The van der Waals surface area contributed by atoms with E-state index in [2.05, 4.69) is 5.32 Å². The van der Waals surface area contributed by atoms with Crippen LogP contribution in [0, 0.1) is 5.92 Å². The number of likely N-dealkylation sites (N-methyl/N-ethyl adjacent to an activating group) is 1. The minimum atomic E-state index is -0.937. The predicted octanol–water partition coefficient (Wildman–Crippen LogP) is 1.49. The first-order valence-corrected chi connectivity index (χ1v) is 6.89. The fraction of sp³-hybridized carbons (Fsp3) is 0.467. The zero-order chi connectivity index (χ0) is 15.4. The quantitative estimate of drug-likeness (QED) is 0.881. The first-order chi connectivity index (χ1) is 10.0. The molecule has 0 aliphatic carbocycles. The normalized spacial score (nSPS) is 22.6. The van der Waals surface area contributed by atoms with Crippen LogP contribution in [0.25, 0.3) is 0 Å². The zero-order valence-corrected chi connectivity index (χ0v) is 12.2. The highest BCUT2D eigenvalue weighted by molar-refractivity contribution is 5.77. The van der Waals surface area contributed by atoms with Crippen molar-refractivity contribution in [1.29, 1.82) is 0 Å². The molecule has 1 aromatic rings. The number of aliphatic carboxylic acids is 1. The lowest BCUT2D eigenvalue weighted by atomic mass is 10.0. The van der Waals surface area contributed by atoms with Crippen molar-refractivity contribution in [1.82, 2.24) is 10.2 Å². The van der Waals surface area contributed by atoms with Crippen LogP contribution in [-0.2, 0) is 9.53 Å². The van der Waals surface area contributed by atoms with Crippen LogP contribution in [0.2, 0.25) is 0 Å². The third-order valence-electron chi connectivity index (χ3n) is 3.83. The number of urea groups is 1. The minimum absolute atomic E-state index is 0.145. The van der Waals surface area contributed by atoms with Crippen molar-refractivity contribution < 1.29 is 19.4 Å². The molecule has 114 valence electrons. The van der Waals surface area contributed by atoms with Gasteiger partial charge in [0.1, 0.15) is 5.92 Å². The van der Waals surface area contributed by atoms with Crippen molar-refractivity contribution in [2.45, 2.75) is 19.0 Å². The maximum absolute atomic E-state index is 12.2. The van der Waals surface area contributed by atoms with E-state index >= 15 is 0 Å². The first-order valence-electron chi connectivity index (χ1n) is 6.89. The molecular weight excluding hydrogens is 272 g/mol. The maximum atomic E-state index is 12.2. The Hall–Kier alpha value is -2.08. The Morgan fingerprint density at radius 3 is 2.62 bits per heavy atom. The van der Waals surface area contributed by atoms with Gasteiger partial charge in [0.15, 0.2) is 0 Å². The lowest BCUT2D eigenvalue weighted by Crippen LogP contribution is -2.48. The van der Waals surface area contributed by atoms with Gasteiger partial charge in [-0.2, -0.15) is 0 Å². The lowest BCUT2D eigenvalue weighted by Gasteiger charge is -2.28. The van der Waals surface area contributed by atoms with Crippen LogP contribution in [0.5, 0.6) is 0 Å². The monoisotopic (exact) mass is 292 g/mol. The van der Waals surface area contributed by atoms with E-state index in [1.807, 2.05) is 37.3 Å². The third-order valence-corrected chi connectivity index (χ3v) is 3.83. The molecule has 2 amide bonds. The molecule has 21 heavy (non-hydrogen) atoms. The molecule has 1 aliphatic heterocycles. The molecule has 0 aromatic heterocycles. The van der Waals surface area contributed by atoms with Gasteiger partial charge in [0.25, 0.3) is 0 Å². The highest BCUT2D eigenvalue weighted by Crippen LogP contribution is 2.20. The Bertz CT molecular complexity index is 506. The highest BCUT2D eigenvalue weighted by Gasteiger charge is 2.38. The summed E-state index contributed by atoms with van der Waals surface area (Å²) in [4.78, 5) is 24.8. The number of amides is 2. The summed E-state index contributed by atoms with van der Waals surface area (Å²) in [6, 6.07) is 8.72. The summed E-state index contributed by atoms with van der Waals surface area (Å²) in [7, 11) is 1.60. The number of hydrogen-bond donors (Lipinski definition) is 2. The van der Waals surface area contributed by atoms with Gasteiger partial charge in [-0.15, -0.1) is 0 Å². The van der Waals surface area contributed by atoms with E-state index in [1.165, 1.54) is 4.90 Å². The Labute approximate surface area is 123 Å². The summed E-state index contributed by atoms with van der Waals surface area (Å²) in [6.07, 6.45) is 0. The SMILES string of the molecule is CC(NC(=O)N(C)C1COCC1C(=O)O)c1ccccc1. The number of nitrogens with zero attached hydrogens (tertiary/aromatic N) is 1. The van der Waals surface area contributed by atoms with E-state index in [1.54, 1.807) is 7.05 Å². The van der Waals surface area contributed by atoms with Crippen LogP contribution >= 0.6 is 0 Å². The number of carboxylic acid groups (broad SMARTS) is 1. The number of nitrogens with one attached hydrogen (secondary N) is 1. The predicted molar refractivity (Wildman–Crippen MR) is 76.9 cm³/mol. The number of benzene rings is 1. The third kappa shape index (κ3) is 3.52. The van der Waals surface area contributed by atoms with Gasteiger partial charge in [0.2, 0.25) is 0 Å². The average molecular weight is 292 g/mol. The maximum Gasteiger partial charge on any atom is 0.317 e.